The van der Waals surface area contributed by atoms with Gasteiger partial charge in [-0.3, -0.25) is 14.5 Å². The topological polar surface area (TPSA) is 79.0 Å². The number of hydrogen-bond acceptors (Lipinski definition) is 4. The summed E-state index contributed by atoms with van der Waals surface area (Å²) in [4.78, 5) is 41.0. The van der Waals surface area contributed by atoms with Crippen molar-refractivity contribution in [3.63, 3.8) is 0 Å². The van der Waals surface area contributed by atoms with Crippen LogP contribution in [0.3, 0.4) is 0 Å². The number of amides is 4. The molecule has 1 aliphatic heterocycles. The molecule has 7 nitrogen and oxygen atoms in total. The first-order valence-corrected chi connectivity index (χ1v) is 10.4. The zero-order valence-corrected chi connectivity index (χ0v) is 17.6. The molecule has 158 valence electrons. The molecule has 1 atom stereocenters. The number of hydrogen-bond donors (Lipinski definition) is 1. The summed E-state index contributed by atoms with van der Waals surface area (Å²) in [7, 11) is 1.62. The molecular weight excluding hydrogens is 370 g/mol. The largest absolute Gasteiger partial charge is 0.497 e. The van der Waals surface area contributed by atoms with Crippen molar-refractivity contribution in [1.82, 2.24) is 15.1 Å². The van der Waals surface area contributed by atoms with E-state index in [2.05, 4.69) is 5.32 Å². The number of rotatable bonds is 10. The minimum Gasteiger partial charge on any atom is -0.497 e. The van der Waals surface area contributed by atoms with Crippen molar-refractivity contribution in [1.29, 1.82) is 0 Å². The average molecular weight is 402 g/mol. The summed E-state index contributed by atoms with van der Waals surface area (Å²) in [5.74, 6) is 0.870. The summed E-state index contributed by atoms with van der Waals surface area (Å²) in [6.45, 7) is 4.96. The van der Waals surface area contributed by atoms with Gasteiger partial charge in [-0.05, 0) is 62.6 Å². The van der Waals surface area contributed by atoms with Crippen LogP contribution in [0, 0.1) is 5.92 Å². The summed E-state index contributed by atoms with van der Waals surface area (Å²) in [6.07, 6.45) is 4.27. The standard InChI is InChI=1S/C22H31N3O4/c1-4-13-24(14-17-5-6-17)19(26)15-25-20(27)22(2,23-21(25)28)12-11-16-7-9-18(29-3)10-8-16/h7-10,17H,4-6,11-15H2,1-3H3,(H,23,28)/t22-/m0/s1. The minimum atomic E-state index is -0.997. The van der Waals surface area contributed by atoms with E-state index < -0.39 is 11.6 Å². The van der Waals surface area contributed by atoms with Crippen LogP contribution in [-0.2, 0) is 16.0 Å². The fourth-order valence-corrected chi connectivity index (χ4v) is 3.68. The van der Waals surface area contributed by atoms with Crippen molar-refractivity contribution in [2.24, 2.45) is 5.92 Å². The number of methoxy groups -OCH3 is 1. The molecule has 0 spiro atoms. The molecule has 1 saturated carbocycles. The number of carbonyl (C=O) groups is 3. The molecule has 3 rings (SSSR count). The van der Waals surface area contributed by atoms with Gasteiger partial charge >= 0.3 is 6.03 Å². The highest BCUT2D eigenvalue weighted by Crippen LogP contribution is 2.30. The second kappa shape index (κ2) is 8.84. The average Bonchev–Trinajstić information content (AvgIpc) is 3.50. The second-order valence-electron chi connectivity index (χ2n) is 8.28. The number of aryl methyl sites for hydroxylation is 1. The highest BCUT2D eigenvalue weighted by atomic mass is 16.5. The van der Waals surface area contributed by atoms with Crippen LogP contribution in [0.4, 0.5) is 4.79 Å². The van der Waals surface area contributed by atoms with Crippen molar-refractivity contribution in [3.8, 4) is 5.75 Å². The van der Waals surface area contributed by atoms with Gasteiger partial charge in [0.15, 0.2) is 0 Å². The van der Waals surface area contributed by atoms with Gasteiger partial charge < -0.3 is 15.0 Å². The lowest BCUT2D eigenvalue weighted by Gasteiger charge is -2.25. The van der Waals surface area contributed by atoms with Crippen LogP contribution in [0.5, 0.6) is 5.75 Å². The summed E-state index contributed by atoms with van der Waals surface area (Å²) in [5, 5.41) is 2.79. The van der Waals surface area contributed by atoms with Crippen LogP contribution in [0.1, 0.15) is 45.1 Å². The van der Waals surface area contributed by atoms with Gasteiger partial charge in [-0.2, -0.15) is 0 Å². The van der Waals surface area contributed by atoms with E-state index in [9.17, 15) is 14.4 Å². The molecule has 1 heterocycles. The van der Waals surface area contributed by atoms with Crippen molar-refractivity contribution < 1.29 is 19.1 Å². The molecular formula is C22H31N3O4. The maximum Gasteiger partial charge on any atom is 0.325 e. The zero-order chi connectivity index (χ0) is 21.0. The number of nitrogens with zero attached hydrogens (tertiary/aromatic N) is 2. The third-order valence-corrected chi connectivity index (χ3v) is 5.73. The molecule has 1 aromatic rings. The zero-order valence-electron chi connectivity index (χ0n) is 17.6. The SMILES string of the molecule is CCCN(CC1CC1)C(=O)CN1C(=O)N[C@@](C)(CCc2ccc(OC)cc2)C1=O. The predicted octanol–water partition coefficient (Wildman–Crippen LogP) is 2.59. The number of ether oxygens (including phenoxy) is 1. The molecule has 0 bridgehead atoms. The van der Waals surface area contributed by atoms with Gasteiger partial charge in [-0.1, -0.05) is 19.1 Å². The normalized spacial score (nSPS) is 21.3. The Morgan fingerprint density at radius 1 is 1.28 bits per heavy atom. The first kappa shape index (κ1) is 21.1. The van der Waals surface area contributed by atoms with E-state index in [-0.39, 0.29) is 18.4 Å². The Bertz CT molecular complexity index is 760. The monoisotopic (exact) mass is 401 g/mol. The molecule has 7 heteroatoms. The smallest absolute Gasteiger partial charge is 0.325 e. The van der Waals surface area contributed by atoms with E-state index in [0.29, 0.717) is 25.3 Å². The van der Waals surface area contributed by atoms with Crippen LogP contribution in [0.25, 0.3) is 0 Å². The third-order valence-electron chi connectivity index (χ3n) is 5.73. The number of benzene rings is 1. The van der Waals surface area contributed by atoms with Crippen LogP contribution in [0.15, 0.2) is 24.3 Å². The minimum absolute atomic E-state index is 0.151. The highest BCUT2D eigenvalue weighted by molar-refractivity contribution is 6.08. The third kappa shape index (κ3) is 5.08. The van der Waals surface area contributed by atoms with Gasteiger partial charge in [0, 0.05) is 13.1 Å². The molecule has 0 aromatic heterocycles. The molecule has 29 heavy (non-hydrogen) atoms. The second-order valence-corrected chi connectivity index (χ2v) is 8.28. The summed E-state index contributed by atoms with van der Waals surface area (Å²) in [6, 6.07) is 7.17. The Labute approximate surface area is 172 Å². The van der Waals surface area contributed by atoms with Crippen LogP contribution in [0.2, 0.25) is 0 Å². The lowest BCUT2D eigenvalue weighted by molar-refractivity contribution is -0.139. The maximum absolute atomic E-state index is 13.0. The van der Waals surface area contributed by atoms with E-state index in [0.717, 1.165) is 42.0 Å². The summed E-state index contributed by atoms with van der Waals surface area (Å²) in [5.41, 5.74) is 0.0609. The van der Waals surface area contributed by atoms with Crippen molar-refractivity contribution in [3.05, 3.63) is 29.8 Å². The number of imide groups is 1. The Hall–Kier alpha value is -2.57. The van der Waals surface area contributed by atoms with Gasteiger partial charge in [0.25, 0.3) is 5.91 Å². The van der Waals surface area contributed by atoms with Gasteiger partial charge in [0.1, 0.15) is 17.8 Å². The molecule has 4 amide bonds. The van der Waals surface area contributed by atoms with Crippen molar-refractivity contribution in [2.75, 3.05) is 26.7 Å². The first-order chi connectivity index (χ1) is 13.9. The predicted molar refractivity (Wildman–Crippen MR) is 110 cm³/mol. The number of nitrogens with one attached hydrogen (secondary N) is 1. The Morgan fingerprint density at radius 2 is 1.97 bits per heavy atom. The fourth-order valence-electron chi connectivity index (χ4n) is 3.68. The van der Waals surface area contributed by atoms with Crippen molar-refractivity contribution >= 4 is 17.8 Å². The molecule has 0 radical (unpaired) electrons. The molecule has 1 saturated heterocycles. The molecule has 1 aromatic carbocycles. The van der Waals surface area contributed by atoms with E-state index in [4.69, 9.17) is 4.74 Å². The first-order valence-electron chi connectivity index (χ1n) is 10.4. The molecule has 1 N–H and O–H groups in total. The molecule has 2 aliphatic rings. The number of carbonyl (C=O) groups excluding carboxylic acids is 3. The maximum atomic E-state index is 13.0. The number of urea groups is 1. The molecule has 0 unspecified atom stereocenters. The van der Waals surface area contributed by atoms with Crippen LogP contribution in [-0.4, -0.2) is 59.9 Å². The van der Waals surface area contributed by atoms with Gasteiger partial charge in [0.2, 0.25) is 5.91 Å². The van der Waals surface area contributed by atoms with Gasteiger partial charge in [-0.25, -0.2) is 4.79 Å². The van der Waals surface area contributed by atoms with Gasteiger partial charge in [-0.15, -0.1) is 0 Å². The van der Waals surface area contributed by atoms with Crippen molar-refractivity contribution in [2.45, 2.75) is 51.5 Å². The Morgan fingerprint density at radius 3 is 2.55 bits per heavy atom. The van der Waals surface area contributed by atoms with E-state index >= 15 is 0 Å². The lowest BCUT2D eigenvalue weighted by atomic mass is 9.93. The van der Waals surface area contributed by atoms with Crippen LogP contribution >= 0.6 is 0 Å². The summed E-state index contributed by atoms with van der Waals surface area (Å²) < 4.78 is 5.16. The van der Waals surface area contributed by atoms with E-state index in [1.807, 2.05) is 31.2 Å². The Balaban J connectivity index is 1.60. The molecule has 2 fully saturated rings. The quantitative estimate of drug-likeness (QED) is 0.611. The highest BCUT2D eigenvalue weighted by Gasteiger charge is 2.48. The Kier molecular flexibility index (Phi) is 6.45. The van der Waals surface area contributed by atoms with E-state index in [1.54, 1.807) is 18.9 Å². The summed E-state index contributed by atoms with van der Waals surface area (Å²) >= 11 is 0. The van der Waals surface area contributed by atoms with Gasteiger partial charge in [0.05, 0.1) is 7.11 Å². The molecule has 1 aliphatic carbocycles. The lowest BCUT2D eigenvalue weighted by Crippen LogP contribution is -2.46. The fraction of sp³-hybridized carbons (Fsp3) is 0.591. The van der Waals surface area contributed by atoms with Crippen LogP contribution < -0.4 is 10.1 Å². The van der Waals surface area contributed by atoms with E-state index in [1.165, 1.54) is 0 Å².